The van der Waals surface area contributed by atoms with E-state index in [1.165, 1.54) is 0 Å². The number of piperidine rings is 1. The number of hydrogen-bond donors (Lipinski definition) is 1. The SMILES string of the molecule is O=C(O)CN1CCCC(COc2ccc(Br)cc2)C1. The summed E-state index contributed by atoms with van der Waals surface area (Å²) in [4.78, 5) is 12.7. The highest BCUT2D eigenvalue weighted by Crippen LogP contribution is 2.20. The van der Waals surface area contributed by atoms with E-state index in [-0.39, 0.29) is 6.54 Å². The Kier molecular flexibility index (Phi) is 5.22. The molecule has 1 fully saturated rings. The van der Waals surface area contributed by atoms with Crippen LogP contribution in [0.2, 0.25) is 0 Å². The van der Waals surface area contributed by atoms with Gasteiger partial charge in [-0.15, -0.1) is 0 Å². The van der Waals surface area contributed by atoms with Gasteiger partial charge in [-0.1, -0.05) is 15.9 Å². The van der Waals surface area contributed by atoms with Gasteiger partial charge in [0, 0.05) is 16.9 Å². The van der Waals surface area contributed by atoms with Crippen LogP contribution in [0.3, 0.4) is 0 Å². The fraction of sp³-hybridized carbons (Fsp3) is 0.500. The molecule has 1 aliphatic rings. The van der Waals surface area contributed by atoms with E-state index < -0.39 is 5.97 Å². The van der Waals surface area contributed by atoms with E-state index in [1.807, 2.05) is 29.2 Å². The number of nitrogens with zero attached hydrogens (tertiary/aromatic N) is 1. The maximum absolute atomic E-state index is 10.7. The maximum Gasteiger partial charge on any atom is 0.317 e. The summed E-state index contributed by atoms with van der Waals surface area (Å²) >= 11 is 3.39. The molecule has 0 radical (unpaired) electrons. The van der Waals surface area contributed by atoms with Crippen LogP contribution in [0.1, 0.15) is 12.8 Å². The van der Waals surface area contributed by atoms with Gasteiger partial charge in [0.05, 0.1) is 13.2 Å². The number of halogens is 1. The van der Waals surface area contributed by atoms with Crippen molar-refractivity contribution in [3.8, 4) is 5.75 Å². The second kappa shape index (κ2) is 6.91. The van der Waals surface area contributed by atoms with E-state index in [2.05, 4.69) is 15.9 Å². The monoisotopic (exact) mass is 327 g/mol. The van der Waals surface area contributed by atoms with Gasteiger partial charge in [-0.25, -0.2) is 0 Å². The summed E-state index contributed by atoms with van der Waals surface area (Å²) in [7, 11) is 0. The van der Waals surface area contributed by atoms with Crippen molar-refractivity contribution in [2.75, 3.05) is 26.2 Å². The molecule has 0 saturated carbocycles. The minimum Gasteiger partial charge on any atom is -0.493 e. The van der Waals surface area contributed by atoms with E-state index in [1.54, 1.807) is 0 Å². The maximum atomic E-state index is 10.7. The fourth-order valence-electron chi connectivity index (χ4n) is 2.37. The predicted molar refractivity (Wildman–Crippen MR) is 76.4 cm³/mol. The quantitative estimate of drug-likeness (QED) is 0.903. The Hall–Kier alpha value is -1.07. The first kappa shape index (κ1) is 14.3. The topological polar surface area (TPSA) is 49.8 Å². The second-order valence-corrected chi connectivity index (χ2v) is 5.82. The first-order chi connectivity index (χ1) is 9.13. The third-order valence-corrected chi connectivity index (χ3v) is 3.79. The van der Waals surface area contributed by atoms with Crippen molar-refractivity contribution in [3.63, 3.8) is 0 Å². The van der Waals surface area contributed by atoms with Gasteiger partial charge in [-0.05, 0) is 43.7 Å². The average molecular weight is 328 g/mol. The molecule has 1 N–H and O–H groups in total. The number of ether oxygens (including phenoxy) is 1. The molecule has 2 rings (SSSR count). The van der Waals surface area contributed by atoms with Gasteiger partial charge in [-0.3, -0.25) is 9.69 Å². The van der Waals surface area contributed by atoms with Crippen molar-refractivity contribution in [1.29, 1.82) is 0 Å². The molecular weight excluding hydrogens is 310 g/mol. The van der Waals surface area contributed by atoms with Crippen LogP contribution in [-0.2, 0) is 4.79 Å². The zero-order chi connectivity index (χ0) is 13.7. The molecule has 104 valence electrons. The van der Waals surface area contributed by atoms with Gasteiger partial charge in [0.1, 0.15) is 5.75 Å². The number of carboxylic acids is 1. The van der Waals surface area contributed by atoms with Gasteiger partial charge in [0.25, 0.3) is 0 Å². The molecule has 19 heavy (non-hydrogen) atoms. The molecular formula is C14H18BrNO3. The number of carboxylic acid groups (broad SMARTS) is 1. The summed E-state index contributed by atoms with van der Waals surface area (Å²) < 4.78 is 6.79. The smallest absolute Gasteiger partial charge is 0.317 e. The Labute approximate surface area is 121 Å². The largest absolute Gasteiger partial charge is 0.493 e. The normalized spacial score (nSPS) is 20.2. The van der Waals surface area contributed by atoms with Crippen LogP contribution in [0.25, 0.3) is 0 Å². The van der Waals surface area contributed by atoms with Crippen molar-refractivity contribution >= 4 is 21.9 Å². The summed E-state index contributed by atoms with van der Waals surface area (Å²) in [5, 5.41) is 8.81. The summed E-state index contributed by atoms with van der Waals surface area (Å²) in [5.74, 6) is 0.518. The first-order valence-corrected chi connectivity index (χ1v) is 7.25. The van der Waals surface area contributed by atoms with Crippen molar-refractivity contribution in [1.82, 2.24) is 4.90 Å². The summed E-state index contributed by atoms with van der Waals surface area (Å²) in [6.45, 7) is 2.47. The fourth-order valence-corrected chi connectivity index (χ4v) is 2.63. The van der Waals surface area contributed by atoms with Crippen LogP contribution in [0.4, 0.5) is 0 Å². The molecule has 0 amide bonds. The molecule has 1 aliphatic heterocycles. The summed E-state index contributed by atoms with van der Waals surface area (Å²) in [5.41, 5.74) is 0. The number of rotatable bonds is 5. The minimum atomic E-state index is -0.755. The van der Waals surface area contributed by atoms with Crippen molar-refractivity contribution in [2.45, 2.75) is 12.8 Å². The van der Waals surface area contributed by atoms with E-state index in [0.29, 0.717) is 12.5 Å². The van der Waals surface area contributed by atoms with Crippen molar-refractivity contribution in [2.24, 2.45) is 5.92 Å². The van der Waals surface area contributed by atoms with E-state index in [4.69, 9.17) is 9.84 Å². The lowest BCUT2D eigenvalue weighted by Gasteiger charge is -2.31. The lowest BCUT2D eigenvalue weighted by atomic mass is 9.99. The zero-order valence-corrected chi connectivity index (χ0v) is 12.3. The Morgan fingerprint density at radius 2 is 2.16 bits per heavy atom. The van der Waals surface area contributed by atoms with Crippen LogP contribution >= 0.6 is 15.9 Å². The van der Waals surface area contributed by atoms with Crippen LogP contribution in [0, 0.1) is 5.92 Å². The number of carbonyl (C=O) groups is 1. The van der Waals surface area contributed by atoms with Gasteiger partial charge in [0.15, 0.2) is 0 Å². The van der Waals surface area contributed by atoms with Crippen LogP contribution in [0.15, 0.2) is 28.7 Å². The molecule has 0 aliphatic carbocycles. The lowest BCUT2D eigenvalue weighted by molar-refractivity contribution is -0.138. The Bertz CT molecular complexity index is 421. The average Bonchev–Trinajstić information content (AvgIpc) is 2.38. The van der Waals surface area contributed by atoms with Crippen molar-refractivity contribution in [3.05, 3.63) is 28.7 Å². The molecule has 1 unspecified atom stereocenters. The summed E-state index contributed by atoms with van der Waals surface area (Å²) in [6, 6.07) is 7.77. The van der Waals surface area contributed by atoms with Crippen LogP contribution in [0.5, 0.6) is 5.75 Å². The molecule has 1 aromatic rings. The van der Waals surface area contributed by atoms with Crippen molar-refractivity contribution < 1.29 is 14.6 Å². The van der Waals surface area contributed by atoms with Gasteiger partial charge < -0.3 is 9.84 Å². The van der Waals surface area contributed by atoms with E-state index >= 15 is 0 Å². The number of aliphatic carboxylic acids is 1. The van der Waals surface area contributed by atoms with Gasteiger partial charge in [0.2, 0.25) is 0 Å². The molecule has 1 aromatic carbocycles. The standard InChI is InChI=1S/C14H18BrNO3/c15-12-3-5-13(6-4-12)19-10-11-2-1-7-16(8-11)9-14(17)18/h3-6,11H,1-2,7-10H2,(H,17,18). The van der Waals surface area contributed by atoms with Gasteiger partial charge >= 0.3 is 5.97 Å². The molecule has 1 heterocycles. The first-order valence-electron chi connectivity index (χ1n) is 6.46. The number of hydrogen-bond acceptors (Lipinski definition) is 3. The molecule has 5 heteroatoms. The Morgan fingerprint density at radius 1 is 1.42 bits per heavy atom. The highest BCUT2D eigenvalue weighted by molar-refractivity contribution is 9.10. The highest BCUT2D eigenvalue weighted by Gasteiger charge is 2.21. The molecule has 0 aromatic heterocycles. The van der Waals surface area contributed by atoms with E-state index in [0.717, 1.165) is 36.2 Å². The Balaban J connectivity index is 1.79. The minimum absolute atomic E-state index is 0.134. The molecule has 0 bridgehead atoms. The third kappa shape index (κ3) is 4.84. The summed E-state index contributed by atoms with van der Waals surface area (Å²) in [6.07, 6.45) is 2.15. The highest BCUT2D eigenvalue weighted by atomic mass is 79.9. The van der Waals surface area contributed by atoms with Crippen LogP contribution < -0.4 is 4.74 Å². The second-order valence-electron chi connectivity index (χ2n) is 4.90. The van der Waals surface area contributed by atoms with Crippen LogP contribution in [-0.4, -0.2) is 42.2 Å². The molecule has 0 spiro atoms. The molecule has 1 saturated heterocycles. The van der Waals surface area contributed by atoms with Gasteiger partial charge in [-0.2, -0.15) is 0 Å². The van der Waals surface area contributed by atoms with E-state index in [9.17, 15) is 4.79 Å². The number of benzene rings is 1. The lowest BCUT2D eigenvalue weighted by Crippen LogP contribution is -2.40. The molecule has 1 atom stereocenters. The predicted octanol–water partition coefficient (Wildman–Crippen LogP) is 2.62. The Morgan fingerprint density at radius 3 is 2.84 bits per heavy atom. The molecule has 4 nitrogen and oxygen atoms in total. The third-order valence-electron chi connectivity index (χ3n) is 3.26. The number of likely N-dealkylation sites (tertiary alicyclic amines) is 1. The zero-order valence-electron chi connectivity index (χ0n) is 10.7.